The highest BCUT2D eigenvalue weighted by molar-refractivity contribution is 5.48. The minimum absolute atomic E-state index is 0. The summed E-state index contributed by atoms with van der Waals surface area (Å²) in [5.74, 6) is 0. The van der Waals surface area contributed by atoms with E-state index in [4.69, 9.17) is 20.6 Å². The monoisotopic (exact) mass is 323 g/mol. The molecule has 0 saturated carbocycles. The molecule has 3 N–H and O–H groups in total. The molecule has 0 unspecified atom stereocenters. The van der Waals surface area contributed by atoms with E-state index in [0.717, 1.165) is 32.0 Å². The number of carbonyl (C=O) groups excluding carboxylic acids is 1. The fourth-order valence-corrected chi connectivity index (χ4v) is 1.20. The number of unbranched alkanes of at least 4 members (excludes halogenated alkanes) is 2. The van der Waals surface area contributed by atoms with Crippen LogP contribution in [-0.2, 0) is 4.79 Å². The van der Waals surface area contributed by atoms with Crippen LogP contribution in [0.5, 0.6) is 0 Å². The Morgan fingerprint density at radius 3 is 1.45 bits per heavy atom. The maximum Gasteiger partial charge on any atom is 0.119 e. The topological polar surface area (TPSA) is 102 Å². The molecule has 0 aromatic carbocycles. The molecule has 0 saturated heterocycles. The van der Waals surface area contributed by atoms with E-state index >= 15 is 0 Å². The molecular formula is C17H41NO4. The smallest absolute Gasteiger partial charge is 0.119 e. The van der Waals surface area contributed by atoms with Gasteiger partial charge in [0.2, 0.25) is 0 Å². The van der Waals surface area contributed by atoms with Gasteiger partial charge in [0, 0.05) is 18.8 Å². The van der Waals surface area contributed by atoms with Gasteiger partial charge in [0.1, 0.15) is 6.29 Å². The molecule has 138 valence electrons. The fourth-order valence-electron chi connectivity index (χ4n) is 1.20. The van der Waals surface area contributed by atoms with Crippen molar-refractivity contribution in [3.05, 3.63) is 0 Å². The Hall–Kier alpha value is -0.960. The second-order valence-electron chi connectivity index (χ2n) is 4.26. The number of aliphatic hydroxyl groups is 3. The average Bonchev–Trinajstić information content (AvgIpc) is 2.44. The Bertz CT molecular complexity index is 203. The number of rotatable bonds is 8. The molecule has 0 aliphatic carbocycles. The zero-order chi connectivity index (χ0) is 15.6. The predicted molar refractivity (Wildman–Crippen MR) is 95.7 cm³/mol. The molecule has 0 aromatic rings. The van der Waals surface area contributed by atoms with E-state index in [1.54, 1.807) is 6.07 Å². The van der Waals surface area contributed by atoms with Gasteiger partial charge in [0.25, 0.3) is 0 Å². The van der Waals surface area contributed by atoms with Crippen LogP contribution in [0, 0.1) is 16.7 Å². The van der Waals surface area contributed by atoms with E-state index in [1.165, 1.54) is 6.92 Å². The summed E-state index contributed by atoms with van der Waals surface area (Å²) in [7, 11) is 0. The van der Waals surface area contributed by atoms with Gasteiger partial charge in [0.05, 0.1) is 25.9 Å². The number of hydrogen-bond donors (Lipinski definition) is 3. The standard InChI is InChI=1S/C7H16O3.C5H10O.C2H3N.3CH4/c1-2-3-7(4-8,5-9)6-10;1-2-3-4-5-6;1-2-3;;;/h8-10H,2-6H2,1H3;5H,2-4H2,1H3;1H3;3*1H4. The summed E-state index contributed by atoms with van der Waals surface area (Å²) < 4.78 is 0. The zero-order valence-electron chi connectivity index (χ0n) is 12.4. The van der Waals surface area contributed by atoms with Gasteiger partial charge < -0.3 is 20.1 Å². The van der Waals surface area contributed by atoms with Crippen molar-refractivity contribution in [3.63, 3.8) is 0 Å². The quantitative estimate of drug-likeness (QED) is 0.468. The van der Waals surface area contributed by atoms with Crippen LogP contribution in [0.1, 0.15) is 75.2 Å². The first-order valence-electron chi connectivity index (χ1n) is 6.64. The summed E-state index contributed by atoms with van der Waals surface area (Å²) in [6.45, 7) is 5.02. The van der Waals surface area contributed by atoms with E-state index in [-0.39, 0.29) is 42.1 Å². The van der Waals surface area contributed by atoms with Gasteiger partial charge in [-0.1, -0.05) is 49.0 Å². The lowest BCUT2D eigenvalue weighted by Crippen LogP contribution is -2.33. The minimum Gasteiger partial charge on any atom is -0.396 e. The van der Waals surface area contributed by atoms with Crippen LogP contribution in [0.3, 0.4) is 0 Å². The molecule has 0 aliphatic rings. The molecule has 0 spiro atoms. The maximum atomic E-state index is 9.56. The van der Waals surface area contributed by atoms with Gasteiger partial charge in [-0.3, -0.25) is 0 Å². The number of aldehydes is 1. The van der Waals surface area contributed by atoms with Gasteiger partial charge >= 0.3 is 0 Å². The van der Waals surface area contributed by atoms with E-state index < -0.39 is 5.41 Å². The summed E-state index contributed by atoms with van der Waals surface area (Å²) in [6.07, 6.45) is 5.39. The highest BCUT2D eigenvalue weighted by Gasteiger charge is 2.26. The highest BCUT2D eigenvalue weighted by Crippen LogP contribution is 2.21. The molecule has 0 bridgehead atoms. The van der Waals surface area contributed by atoms with Crippen LogP contribution in [0.25, 0.3) is 0 Å². The first-order chi connectivity index (χ1) is 9.07. The molecule has 0 heterocycles. The molecule has 5 heteroatoms. The average molecular weight is 324 g/mol. The van der Waals surface area contributed by atoms with E-state index in [2.05, 4.69) is 6.92 Å². The summed E-state index contributed by atoms with van der Waals surface area (Å²) in [6, 6.07) is 1.75. The lowest BCUT2D eigenvalue weighted by molar-refractivity contribution is -0.107. The highest BCUT2D eigenvalue weighted by atomic mass is 16.3. The Morgan fingerprint density at radius 2 is 1.36 bits per heavy atom. The van der Waals surface area contributed by atoms with Crippen LogP contribution in [-0.4, -0.2) is 41.4 Å². The van der Waals surface area contributed by atoms with Crippen molar-refractivity contribution < 1.29 is 20.1 Å². The summed E-state index contributed by atoms with van der Waals surface area (Å²) in [5, 5.41) is 33.7. The van der Waals surface area contributed by atoms with E-state index in [9.17, 15) is 4.79 Å². The third-order valence-electron chi connectivity index (χ3n) is 2.46. The van der Waals surface area contributed by atoms with Gasteiger partial charge in [0.15, 0.2) is 0 Å². The predicted octanol–water partition coefficient (Wildman–Crippen LogP) is 3.56. The molecule has 0 aromatic heterocycles. The summed E-state index contributed by atoms with van der Waals surface area (Å²) in [5.41, 5.74) is -0.658. The van der Waals surface area contributed by atoms with Crippen molar-refractivity contribution >= 4 is 6.29 Å². The Morgan fingerprint density at radius 1 is 1.00 bits per heavy atom. The molecule has 22 heavy (non-hydrogen) atoms. The Balaban J connectivity index is -0.0000000467. The summed E-state index contributed by atoms with van der Waals surface area (Å²) >= 11 is 0. The van der Waals surface area contributed by atoms with E-state index in [0.29, 0.717) is 6.42 Å². The van der Waals surface area contributed by atoms with Crippen LogP contribution in [0.2, 0.25) is 0 Å². The third kappa shape index (κ3) is 27.4. The largest absolute Gasteiger partial charge is 0.396 e. The van der Waals surface area contributed by atoms with Crippen molar-refractivity contribution in [2.75, 3.05) is 19.8 Å². The first kappa shape index (κ1) is 37.4. The van der Waals surface area contributed by atoms with Crippen molar-refractivity contribution in [1.82, 2.24) is 0 Å². The van der Waals surface area contributed by atoms with Crippen molar-refractivity contribution in [2.45, 2.75) is 75.2 Å². The van der Waals surface area contributed by atoms with Gasteiger partial charge in [-0.15, -0.1) is 0 Å². The molecule has 0 amide bonds. The van der Waals surface area contributed by atoms with Crippen LogP contribution >= 0.6 is 0 Å². The lowest BCUT2D eigenvalue weighted by Gasteiger charge is -2.26. The minimum atomic E-state index is -0.658. The molecule has 0 aliphatic heterocycles. The van der Waals surface area contributed by atoms with Gasteiger partial charge in [-0.2, -0.15) is 5.26 Å². The Labute approximate surface area is 139 Å². The fraction of sp³-hybridized carbons (Fsp3) is 0.882. The van der Waals surface area contributed by atoms with Crippen LogP contribution in [0.15, 0.2) is 0 Å². The third-order valence-corrected chi connectivity index (χ3v) is 2.46. The van der Waals surface area contributed by atoms with Crippen molar-refractivity contribution in [1.29, 1.82) is 5.26 Å². The van der Waals surface area contributed by atoms with E-state index in [1.807, 2.05) is 6.92 Å². The zero-order valence-corrected chi connectivity index (χ0v) is 12.4. The second-order valence-corrected chi connectivity index (χ2v) is 4.26. The van der Waals surface area contributed by atoms with Gasteiger partial charge in [-0.05, 0) is 12.8 Å². The summed E-state index contributed by atoms with van der Waals surface area (Å²) in [4.78, 5) is 9.56. The first-order valence-corrected chi connectivity index (χ1v) is 6.64. The van der Waals surface area contributed by atoms with Crippen LogP contribution in [0.4, 0.5) is 0 Å². The van der Waals surface area contributed by atoms with Crippen LogP contribution < -0.4 is 0 Å². The van der Waals surface area contributed by atoms with Crippen molar-refractivity contribution in [3.8, 4) is 6.07 Å². The molecule has 0 atom stereocenters. The Kier molecular flexibility index (Phi) is 54.5. The molecular weight excluding hydrogens is 282 g/mol. The molecule has 0 fully saturated rings. The van der Waals surface area contributed by atoms with Crippen molar-refractivity contribution in [2.24, 2.45) is 5.41 Å². The normalized spacial score (nSPS) is 8.05. The number of aliphatic hydroxyl groups excluding tert-OH is 3. The molecule has 0 rings (SSSR count). The number of nitriles is 1. The lowest BCUT2D eigenvalue weighted by atomic mass is 9.86. The number of nitrogens with zero attached hydrogens (tertiary/aromatic N) is 1. The maximum absolute atomic E-state index is 9.56. The number of carbonyl (C=O) groups is 1. The SMILES string of the molecule is C.C.C.CC#N.CCCC(CO)(CO)CO.CCCCC=O. The molecule has 0 radical (unpaired) electrons. The second kappa shape index (κ2) is 32.1. The number of hydrogen-bond acceptors (Lipinski definition) is 5. The van der Waals surface area contributed by atoms with Gasteiger partial charge in [-0.25, -0.2) is 0 Å². The molecule has 5 nitrogen and oxygen atoms in total.